The molecule has 8 nitrogen and oxygen atoms in total. The number of carboxylic acids is 1. The molecule has 2 N–H and O–H groups in total. The van der Waals surface area contributed by atoms with Gasteiger partial charge in [-0.2, -0.15) is 0 Å². The Labute approximate surface area is 185 Å². The molecule has 4 amide bonds. The number of imide groups is 1. The SMILES string of the molecule is CC[C@H](C)[C@H](NC(=O)c1cccc(N2C(=O)[C@@H]3Cc4ccccc4CN3C2=O)c1)C(=O)O. The van der Waals surface area contributed by atoms with Crippen molar-refractivity contribution in [3.63, 3.8) is 0 Å². The Kier molecular flexibility index (Phi) is 5.69. The van der Waals surface area contributed by atoms with Crippen LogP contribution in [0.5, 0.6) is 0 Å². The fourth-order valence-corrected chi connectivity index (χ4v) is 4.25. The molecule has 2 aromatic carbocycles. The van der Waals surface area contributed by atoms with E-state index in [9.17, 15) is 24.3 Å². The van der Waals surface area contributed by atoms with Crippen LogP contribution in [0.2, 0.25) is 0 Å². The topological polar surface area (TPSA) is 107 Å². The average Bonchev–Trinajstić information content (AvgIpc) is 3.04. The van der Waals surface area contributed by atoms with Gasteiger partial charge in [0.05, 0.1) is 5.69 Å². The number of nitrogens with zero attached hydrogens (tertiary/aromatic N) is 2. The number of carboxylic acid groups (broad SMARTS) is 1. The number of carbonyl (C=O) groups excluding carboxylic acids is 3. The lowest BCUT2D eigenvalue weighted by molar-refractivity contribution is -0.140. The molecule has 0 radical (unpaired) electrons. The Bertz CT molecular complexity index is 1060. The van der Waals surface area contributed by atoms with Crippen LogP contribution >= 0.6 is 0 Å². The van der Waals surface area contributed by atoms with Gasteiger partial charge in [-0.15, -0.1) is 0 Å². The van der Waals surface area contributed by atoms with Crippen molar-refractivity contribution in [2.24, 2.45) is 5.92 Å². The molecule has 0 aliphatic carbocycles. The minimum Gasteiger partial charge on any atom is -0.480 e. The number of hydrogen-bond donors (Lipinski definition) is 2. The van der Waals surface area contributed by atoms with E-state index in [1.165, 1.54) is 12.1 Å². The van der Waals surface area contributed by atoms with Crippen molar-refractivity contribution in [3.05, 3.63) is 65.2 Å². The van der Waals surface area contributed by atoms with Crippen LogP contribution in [0.15, 0.2) is 48.5 Å². The molecule has 0 spiro atoms. The summed E-state index contributed by atoms with van der Waals surface area (Å²) < 4.78 is 0. The van der Waals surface area contributed by atoms with Crippen molar-refractivity contribution in [2.45, 2.75) is 45.3 Å². The third-order valence-electron chi connectivity index (χ3n) is 6.32. The second kappa shape index (κ2) is 8.45. The Hall–Kier alpha value is -3.68. The lowest BCUT2D eigenvalue weighted by Gasteiger charge is -2.28. The standard InChI is InChI=1S/C24H25N3O5/c1-3-14(2)20(23(30)31)25-21(28)16-9-6-10-18(11-16)27-22(29)19-12-15-7-4-5-8-17(15)13-26(19)24(27)32/h4-11,14,19-20H,3,12-13H2,1-2H3,(H,25,28)(H,30,31)/t14-,19-,20-/m0/s1. The largest absolute Gasteiger partial charge is 0.480 e. The molecule has 0 aromatic heterocycles. The van der Waals surface area contributed by atoms with E-state index in [-0.39, 0.29) is 17.4 Å². The molecular formula is C24H25N3O5. The monoisotopic (exact) mass is 435 g/mol. The first-order valence-corrected chi connectivity index (χ1v) is 10.7. The predicted octanol–water partition coefficient (Wildman–Crippen LogP) is 2.81. The summed E-state index contributed by atoms with van der Waals surface area (Å²) >= 11 is 0. The van der Waals surface area contributed by atoms with Crippen molar-refractivity contribution >= 4 is 29.5 Å². The summed E-state index contributed by atoms with van der Waals surface area (Å²) in [7, 11) is 0. The van der Waals surface area contributed by atoms with E-state index in [4.69, 9.17) is 0 Å². The Morgan fingerprint density at radius 3 is 2.53 bits per heavy atom. The highest BCUT2D eigenvalue weighted by molar-refractivity contribution is 6.21. The van der Waals surface area contributed by atoms with E-state index >= 15 is 0 Å². The highest BCUT2D eigenvalue weighted by Gasteiger charge is 2.47. The van der Waals surface area contributed by atoms with Gasteiger partial charge in [0, 0.05) is 18.5 Å². The van der Waals surface area contributed by atoms with Gasteiger partial charge in [-0.05, 0) is 35.2 Å². The molecule has 0 saturated carbocycles. The normalized spacial score (nSPS) is 19.2. The van der Waals surface area contributed by atoms with Crippen LogP contribution in [0, 0.1) is 5.92 Å². The molecule has 32 heavy (non-hydrogen) atoms. The van der Waals surface area contributed by atoms with Crippen LogP contribution in [0.1, 0.15) is 41.8 Å². The van der Waals surface area contributed by atoms with E-state index in [1.807, 2.05) is 31.2 Å². The molecule has 8 heteroatoms. The minimum absolute atomic E-state index is 0.186. The molecule has 3 atom stereocenters. The van der Waals surface area contributed by atoms with Crippen LogP contribution in [0.3, 0.4) is 0 Å². The maximum absolute atomic E-state index is 13.1. The van der Waals surface area contributed by atoms with Gasteiger partial charge in [-0.1, -0.05) is 50.6 Å². The van der Waals surface area contributed by atoms with Crippen LogP contribution in [0.25, 0.3) is 0 Å². The minimum atomic E-state index is -1.11. The lowest BCUT2D eigenvalue weighted by Crippen LogP contribution is -2.45. The molecule has 2 aliphatic rings. The maximum atomic E-state index is 13.1. The first-order chi connectivity index (χ1) is 15.3. The van der Waals surface area contributed by atoms with Gasteiger partial charge >= 0.3 is 12.0 Å². The van der Waals surface area contributed by atoms with E-state index in [0.717, 1.165) is 16.0 Å². The van der Waals surface area contributed by atoms with Gasteiger partial charge in [0.2, 0.25) is 0 Å². The number of carbonyl (C=O) groups is 4. The van der Waals surface area contributed by atoms with Crippen LogP contribution in [-0.4, -0.2) is 45.9 Å². The van der Waals surface area contributed by atoms with Gasteiger partial charge in [-0.25, -0.2) is 14.5 Å². The second-order valence-corrected chi connectivity index (χ2v) is 8.30. The summed E-state index contributed by atoms with van der Waals surface area (Å²) in [4.78, 5) is 53.2. The number of urea groups is 1. The highest BCUT2D eigenvalue weighted by Crippen LogP contribution is 2.33. The number of fused-ring (bicyclic) bond motifs is 2. The number of benzene rings is 2. The summed E-state index contributed by atoms with van der Waals surface area (Å²) in [6, 6.07) is 11.9. The first kappa shape index (κ1) is 21.5. The van der Waals surface area contributed by atoms with Gasteiger partial charge in [0.15, 0.2) is 0 Å². The van der Waals surface area contributed by atoms with Crippen molar-refractivity contribution in [1.29, 1.82) is 0 Å². The third-order valence-corrected chi connectivity index (χ3v) is 6.32. The van der Waals surface area contributed by atoms with E-state index < -0.39 is 30.0 Å². The fourth-order valence-electron chi connectivity index (χ4n) is 4.25. The van der Waals surface area contributed by atoms with Gasteiger partial charge < -0.3 is 15.3 Å². The average molecular weight is 435 g/mol. The molecule has 2 aliphatic heterocycles. The molecular weight excluding hydrogens is 410 g/mol. The van der Waals surface area contributed by atoms with Crippen molar-refractivity contribution < 1.29 is 24.3 Å². The number of hydrogen-bond acceptors (Lipinski definition) is 4. The molecule has 166 valence electrons. The number of rotatable bonds is 6. The van der Waals surface area contributed by atoms with E-state index in [1.54, 1.807) is 24.0 Å². The summed E-state index contributed by atoms with van der Waals surface area (Å²) in [5.74, 6) is -2.25. The number of anilines is 1. The second-order valence-electron chi connectivity index (χ2n) is 8.30. The molecule has 1 saturated heterocycles. The van der Waals surface area contributed by atoms with Gasteiger partial charge in [-0.3, -0.25) is 9.59 Å². The third kappa shape index (κ3) is 3.72. The quantitative estimate of drug-likeness (QED) is 0.679. The summed E-state index contributed by atoms with van der Waals surface area (Å²) in [6.07, 6.45) is 1.04. The lowest BCUT2D eigenvalue weighted by atomic mass is 9.95. The molecule has 1 fully saturated rings. The number of aliphatic carboxylic acids is 1. The Balaban J connectivity index is 1.57. The molecule has 4 rings (SSSR count). The maximum Gasteiger partial charge on any atom is 0.332 e. The molecule has 0 bridgehead atoms. The highest BCUT2D eigenvalue weighted by atomic mass is 16.4. The van der Waals surface area contributed by atoms with Crippen LogP contribution < -0.4 is 10.2 Å². The van der Waals surface area contributed by atoms with E-state index in [2.05, 4.69) is 5.32 Å². The van der Waals surface area contributed by atoms with Crippen molar-refractivity contribution in [2.75, 3.05) is 4.90 Å². The van der Waals surface area contributed by atoms with Crippen molar-refractivity contribution in [3.8, 4) is 0 Å². The van der Waals surface area contributed by atoms with Gasteiger partial charge in [0.25, 0.3) is 11.8 Å². The molecule has 0 unspecified atom stereocenters. The number of amides is 4. The fraction of sp³-hybridized carbons (Fsp3) is 0.333. The number of nitrogens with one attached hydrogen (secondary N) is 1. The summed E-state index contributed by atoms with van der Waals surface area (Å²) in [5.41, 5.74) is 2.55. The smallest absolute Gasteiger partial charge is 0.332 e. The first-order valence-electron chi connectivity index (χ1n) is 10.7. The molecule has 2 aromatic rings. The molecule has 2 heterocycles. The van der Waals surface area contributed by atoms with Crippen molar-refractivity contribution in [1.82, 2.24) is 10.2 Å². The zero-order chi connectivity index (χ0) is 23.0. The zero-order valence-electron chi connectivity index (χ0n) is 17.9. The Morgan fingerprint density at radius 2 is 1.84 bits per heavy atom. The summed E-state index contributed by atoms with van der Waals surface area (Å²) in [6.45, 7) is 3.97. The van der Waals surface area contributed by atoms with E-state index in [0.29, 0.717) is 25.1 Å². The summed E-state index contributed by atoms with van der Waals surface area (Å²) in [5, 5.41) is 12.0. The van der Waals surface area contributed by atoms with Gasteiger partial charge in [0.1, 0.15) is 12.1 Å². The Morgan fingerprint density at radius 1 is 1.12 bits per heavy atom. The predicted molar refractivity (Wildman–Crippen MR) is 117 cm³/mol. The zero-order valence-corrected chi connectivity index (χ0v) is 17.9. The van der Waals surface area contributed by atoms with Crippen LogP contribution in [-0.2, 0) is 22.6 Å². The van der Waals surface area contributed by atoms with Crippen LogP contribution in [0.4, 0.5) is 10.5 Å².